The van der Waals surface area contributed by atoms with E-state index >= 15 is 0 Å². The van der Waals surface area contributed by atoms with Gasteiger partial charge in [0.1, 0.15) is 5.75 Å². The summed E-state index contributed by atoms with van der Waals surface area (Å²) < 4.78 is 5.16. The van der Waals surface area contributed by atoms with E-state index in [4.69, 9.17) is 4.74 Å². The minimum absolute atomic E-state index is 0.0517. The highest BCUT2D eigenvalue weighted by Gasteiger charge is 2.11. The molecule has 0 unspecified atom stereocenters. The topological polar surface area (TPSA) is 50.4 Å². The molecular weight excluding hydrogens is 228 g/mol. The van der Waals surface area contributed by atoms with E-state index in [-0.39, 0.29) is 18.1 Å². The van der Waals surface area contributed by atoms with Crippen molar-refractivity contribution < 1.29 is 9.53 Å². The summed E-state index contributed by atoms with van der Waals surface area (Å²) in [7, 11) is 1.63. The normalized spacial score (nSPS) is 13.6. The Hall–Kier alpha value is -1.71. The van der Waals surface area contributed by atoms with Crippen LogP contribution >= 0.6 is 0 Å². The summed E-state index contributed by atoms with van der Waals surface area (Å²) in [4.78, 5) is 11.7. The Morgan fingerprint density at radius 2 is 2.06 bits per heavy atom. The van der Waals surface area contributed by atoms with Gasteiger partial charge >= 0.3 is 6.03 Å². The predicted molar refractivity (Wildman–Crippen MR) is 72.8 cm³/mol. The van der Waals surface area contributed by atoms with Gasteiger partial charge in [-0.3, -0.25) is 0 Å². The van der Waals surface area contributed by atoms with E-state index in [1.165, 1.54) is 0 Å². The predicted octanol–water partition coefficient (Wildman–Crippen LogP) is 2.85. The summed E-state index contributed by atoms with van der Waals surface area (Å²) in [5.41, 5.74) is 1.02. The fourth-order valence-electron chi connectivity index (χ4n) is 1.56. The molecule has 4 nitrogen and oxygen atoms in total. The molecule has 2 N–H and O–H groups in total. The molecule has 0 radical (unpaired) electrons. The first kappa shape index (κ1) is 14.4. The maximum absolute atomic E-state index is 11.7. The number of benzene rings is 1. The summed E-state index contributed by atoms with van der Waals surface area (Å²) in [5.74, 6) is 0.795. The zero-order valence-electron chi connectivity index (χ0n) is 11.5. The number of carbonyl (C=O) groups is 1. The average molecular weight is 250 g/mol. The van der Waals surface area contributed by atoms with Crippen molar-refractivity contribution in [1.82, 2.24) is 10.6 Å². The first-order valence-corrected chi connectivity index (χ1v) is 6.27. The lowest BCUT2D eigenvalue weighted by Gasteiger charge is -2.18. The van der Waals surface area contributed by atoms with Gasteiger partial charge in [-0.1, -0.05) is 19.1 Å². The van der Waals surface area contributed by atoms with Gasteiger partial charge in [0, 0.05) is 6.04 Å². The molecule has 0 aliphatic rings. The molecule has 2 atom stereocenters. The average Bonchev–Trinajstić information content (AvgIpc) is 2.38. The minimum Gasteiger partial charge on any atom is -0.497 e. The first-order valence-electron chi connectivity index (χ1n) is 6.27. The second kappa shape index (κ2) is 6.89. The van der Waals surface area contributed by atoms with Crippen molar-refractivity contribution in [2.75, 3.05) is 7.11 Å². The van der Waals surface area contributed by atoms with Gasteiger partial charge < -0.3 is 15.4 Å². The molecule has 18 heavy (non-hydrogen) atoms. The molecule has 1 aromatic rings. The molecule has 0 saturated heterocycles. The molecule has 0 fully saturated rings. The smallest absolute Gasteiger partial charge is 0.315 e. The van der Waals surface area contributed by atoms with E-state index in [0.717, 1.165) is 17.7 Å². The van der Waals surface area contributed by atoms with Crippen molar-refractivity contribution in [3.05, 3.63) is 29.8 Å². The maximum atomic E-state index is 11.7. The summed E-state index contributed by atoms with van der Waals surface area (Å²) in [6.07, 6.45) is 0.918. The minimum atomic E-state index is -0.139. The summed E-state index contributed by atoms with van der Waals surface area (Å²) >= 11 is 0. The Morgan fingerprint density at radius 1 is 1.33 bits per heavy atom. The van der Waals surface area contributed by atoms with Crippen molar-refractivity contribution in [1.29, 1.82) is 0 Å². The molecule has 1 rings (SSSR count). The molecule has 2 amide bonds. The fraction of sp³-hybridized carbons (Fsp3) is 0.500. The molecule has 0 aliphatic heterocycles. The van der Waals surface area contributed by atoms with Gasteiger partial charge in [-0.05, 0) is 38.0 Å². The van der Waals surface area contributed by atoms with Gasteiger partial charge in [0.25, 0.3) is 0 Å². The van der Waals surface area contributed by atoms with Crippen molar-refractivity contribution in [3.8, 4) is 5.75 Å². The van der Waals surface area contributed by atoms with Gasteiger partial charge in [-0.2, -0.15) is 0 Å². The SMILES string of the molecule is CC[C@H](C)NC(=O)N[C@H](C)c1cccc(OC)c1. The van der Waals surface area contributed by atoms with E-state index in [1.54, 1.807) is 7.11 Å². The van der Waals surface area contributed by atoms with Gasteiger partial charge in [0.2, 0.25) is 0 Å². The third kappa shape index (κ3) is 4.28. The van der Waals surface area contributed by atoms with Crippen LogP contribution in [0.15, 0.2) is 24.3 Å². The Balaban J connectivity index is 2.58. The van der Waals surface area contributed by atoms with Crippen LogP contribution in [-0.4, -0.2) is 19.2 Å². The summed E-state index contributed by atoms with van der Waals surface area (Å²) in [5, 5.41) is 5.78. The van der Waals surface area contributed by atoms with Crippen LogP contribution in [0.1, 0.15) is 38.8 Å². The molecular formula is C14H22N2O2. The van der Waals surface area contributed by atoms with Crippen molar-refractivity contribution in [2.45, 2.75) is 39.3 Å². The van der Waals surface area contributed by atoms with Crippen LogP contribution in [0.3, 0.4) is 0 Å². The van der Waals surface area contributed by atoms with Crippen molar-refractivity contribution in [3.63, 3.8) is 0 Å². The Labute approximate surface area is 109 Å². The summed E-state index contributed by atoms with van der Waals surface area (Å²) in [6, 6.07) is 7.69. The van der Waals surface area contributed by atoms with Gasteiger partial charge in [-0.15, -0.1) is 0 Å². The van der Waals surface area contributed by atoms with Crippen molar-refractivity contribution >= 4 is 6.03 Å². The van der Waals surface area contributed by atoms with Crippen molar-refractivity contribution in [2.24, 2.45) is 0 Å². The fourth-order valence-corrected chi connectivity index (χ4v) is 1.56. The number of urea groups is 1. The Morgan fingerprint density at radius 3 is 2.67 bits per heavy atom. The second-order valence-electron chi connectivity index (χ2n) is 4.43. The largest absolute Gasteiger partial charge is 0.497 e. The molecule has 0 saturated carbocycles. The zero-order valence-corrected chi connectivity index (χ0v) is 11.5. The van der Waals surface area contributed by atoms with Gasteiger partial charge in [0.15, 0.2) is 0 Å². The van der Waals surface area contributed by atoms with E-state index in [2.05, 4.69) is 10.6 Å². The van der Waals surface area contributed by atoms with Crippen LogP contribution in [0.4, 0.5) is 4.79 Å². The molecule has 0 spiro atoms. The van der Waals surface area contributed by atoms with Crippen LogP contribution in [-0.2, 0) is 0 Å². The standard InChI is InChI=1S/C14H22N2O2/c1-5-10(2)15-14(17)16-11(3)12-7-6-8-13(9-12)18-4/h6-11H,5H2,1-4H3,(H2,15,16,17)/t10-,11+/m0/s1. The Bertz CT molecular complexity index is 393. The number of carbonyl (C=O) groups excluding carboxylic acids is 1. The number of amides is 2. The van der Waals surface area contributed by atoms with E-state index in [1.807, 2.05) is 45.0 Å². The summed E-state index contributed by atoms with van der Waals surface area (Å²) in [6.45, 7) is 5.97. The molecule has 1 aromatic carbocycles. The molecule has 100 valence electrons. The molecule has 0 aliphatic carbocycles. The zero-order chi connectivity index (χ0) is 13.5. The lowest BCUT2D eigenvalue weighted by molar-refractivity contribution is 0.234. The van der Waals surface area contributed by atoms with E-state index in [9.17, 15) is 4.79 Å². The number of hydrogen-bond acceptors (Lipinski definition) is 2. The molecule has 4 heteroatoms. The molecule has 0 bridgehead atoms. The van der Waals surface area contributed by atoms with Crippen LogP contribution in [0.2, 0.25) is 0 Å². The lowest BCUT2D eigenvalue weighted by atomic mass is 10.1. The number of ether oxygens (including phenoxy) is 1. The highest BCUT2D eigenvalue weighted by atomic mass is 16.5. The number of nitrogens with one attached hydrogen (secondary N) is 2. The van der Waals surface area contributed by atoms with Gasteiger partial charge in [0.05, 0.1) is 13.2 Å². The van der Waals surface area contributed by atoms with Crippen LogP contribution in [0, 0.1) is 0 Å². The van der Waals surface area contributed by atoms with Crippen LogP contribution in [0.5, 0.6) is 5.75 Å². The molecule has 0 heterocycles. The van der Waals surface area contributed by atoms with E-state index < -0.39 is 0 Å². The maximum Gasteiger partial charge on any atom is 0.315 e. The highest BCUT2D eigenvalue weighted by molar-refractivity contribution is 5.74. The number of hydrogen-bond donors (Lipinski definition) is 2. The second-order valence-corrected chi connectivity index (χ2v) is 4.43. The van der Waals surface area contributed by atoms with Crippen LogP contribution in [0.25, 0.3) is 0 Å². The monoisotopic (exact) mass is 250 g/mol. The quantitative estimate of drug-likeness (QED) is 0.844. The van der Waals surface area contributed by atoms with E-state index in [0.29, 0.717) is 0 Å². The third-order valence-corrected chi connectivity index (χ3v) is 2.93. The number of methoxy groups -OCH3 is 1. The third-order valence-electron chi connectivity index (χ3n) is 2.93. The lowest BCUT2D eigenvalue weighted by Crippen LogP contribution is -2.41. The molecule has 0 aromatic heterocycles. The first-order chi connectivity index (χ1) is 8.56. The Kier molecular flexibility index (Phi) is 5.49. The highest BCUT2D eigenvalue weighted by Crippen LogP contribution is 2.18. The number of rotatable bonds is 5. The van der Waals surface area contributed by atoms with Crippen LogP contribution < -0.4 is 15.4 Å². The van der Waals surface area contributed by atoms with Gasteiger partial charge in [-0.25, -0.2) is 4.79 Å².